The number of hydrogen-bond donors (Lipinski definition) is 0. The summed E-state index contributed by atoms with van der Waals surface area (Å²) >= 11 is 0. The molecule has 5 heteroatoms. The van der Waals surface area contributed by atoms with Gasteiger partial charge in [-0.15, -0.1) is 0 Å². The van der Waals surface area contributed by atoms with Crippen LogP contribution in [0.15, 0.2) is 176 Å². The summed E-state index contributed by atoms with van der Waals surface area (Å²) < 4.78 is 2.12. The highest BCUT2D eigenvalue weighted by Gasteiger charge is 2.17. The van der Waals surface area contributed by atoms with Crippen LogP contribution < -0.4 is 0 Å². The van der Waals surface area contributed by atoms with Gasteiger partial charge in [0.25, 0.3) is 0 Å². The zero-order valence-corrected chi connectivity index (χ0v) is 27.5. The van der Waals surface area contributed by atoms with Crippen LogP contribution in [0.2, 0.25) is 0 Å². The molecule has 0 aliphatic rings. The van der Waals surface area contributed by atoms with E-state index in [-0.39, 0.29) is 0 Å². The van der Waals surface area contributed by atoms with Crippen LogP contribution in [0.1, 0.15) is 0 Å². The number of rotatable bonds is 5. The van der Waals surface area contributed by atoms with Gasteiger partial charge in [0.15, 0.2) is 5.82 Å². The zero-order valence-electron chi connectivity index (χ0n) is 27.5. The van der Waals surface area contributed by atoms with E-state index in [4.69, 9.17) is 19.9 Å². The van der Waals surface area contributed by atoms with Crippen molar-refractivity contribution < 1.29 is 0 Å². The third-order valence-corrected chi connectivity index (χ3v) is 9.64. The Hall–Kier alpha value is -6.98. The Morgan fingerprint density at radius 3 is 1.59 bits per heavy atom. The monoisotopic (exact) mass is 651 g/mol. The molecule has 0 radical (unpaired) electrons. The van der Waals surface area contributed by atoms with Gasteiger partial charge in [-0.1, -0.05) is 146 Å². The van der Waals surface area contributed by atoms with Crippen LogP contribution in [0.5, 0.6) is 0 Å². The molecule has 0 aliphatic heterocycles. The highest BCUT2D eigenvalue weighted by atomic mass is 15.0. The van der Waals surface area contributed by atoms with E-state index < -0.39 is 0 Å². The van der Waals surface area contributed by atoms with Crippen molar-refractivity contribution in [3.8, 4) is 56.3 Å². The first-order valence-electron chi connectivity index (χ1n) is 17.1. The third-order valence-electron chi connectivity index (χ3n) is 9.64. The largest absolute Gasteiger partial charge is 0.306 e. The van der Waals surface area contributed by atoms with E-state index in [1.54, 1.807) is 0 Å². The minimum absolute atomic E-state index is 0.686. The number of para-hydroxylation sites is 2. The molecule has 0 atom stereocenters. The number of pyridine rings is 2. The Labute approximate surface area is 294 Å². The lowest BCUT2D eigenvalue weighted by Gasteiger charge is -2.12. The zero-order chi connectivity index (χ0) is 33.7. The Balaban J connectivity index is 1.08. The maximum atomic E-state index is 5.20. The predicted octanol–water partition coefficient (Wildman–Crippen LogP) is 11.3. The van der Waals surface area contributed by atoms with Crippen LogP contribution in [0.4, 0.5) is 0 Å². The summed E-state index contributed by atoms with van der Waals surface area (Å²) in [6.07, 6.45) is 4.19. The molecule has 0 amide bonds. The smallest absolute Gasteiger partial charge is 0.160 e. The number of fused-ring (bicyclic) bond motifs is 6. The number of aromatic nitrogens is 5. The quantitative estimate of drug-likeness (QED) is 0.174. The van der Waals surface area contributed by atoms with Crippen molar-refractivity contribution in [2.75, 3.05) is 0 Å². The highest BCUT2D eigenvalue weighted by molar-refractivity contribution is 6.16. The van der Waals surface area contributed by atoms with Crippen LogP contribution >= 0.6 is 0 Å². The van der Waals surface area contributed by atoms with Crippen molar-refractivity contribution in [2.45, 2.75) is 0 Å². The van der Waals surface area contributed by atoms with Crippen molar-refractivity contribution in [3.05, 3.63) is 176 Å². The second-order valence-electron chi connectivity index (χ2n) is 12.7. The summed E-state index contributed by atoms with van der Waals surface area (Å²) in [7, 11) is 0. The highest BCUT2D eigenvalue weighted by Crippen LogP contribution is 2.37. The third kappa shape index (κ3) is 5.03. The molecule has 10 rings (SSSR count). The van der Waals surface area contributed by atoms with Gasteiger partial charge < -0.3 is 4.40 Å². The molecule has 0 saturated carbocycles. The standard InChI is InChI=1S/C46H29N5/c1-3-11-30(12-4-1)31-19-21-33(22-20-31)43-37-16-8-10-18-40(37)48-45(50-43)35-25-23-34(24-26-35)44-38-27-28-51-29-41(32-13-5-2-6-14-32)49-46(51)42(38)36-15-7-9-17-39(36)47-44/h1-29H. The maximum Gasteiger partial charge on any atom is 0.160 e. The van der Waals surface area contributed by atoms with E-state index in [0.717, 1.165) is 77.6 Å². The molecule has 10 aromatic rings. The molecular weight excluding hydrogens is 623 g/mol. The van der Waals surface area contributed by atoms with Gasteiger partial charge in [-0.05, 0) is 29.3 Å². The molecule has 0 bridgehead atoms. The Bertz CT molecular complexity index is 2880. The molecule has 0 spiro atoms. The molecule has 238 valence electrons. The molecule has 0 N–H and O–H groups in total. The molecule has 5 nitrogen and oxygen atoms in total. The minimum Gasteiger partial charge on any atom is -0.306 e. The Morgan fingerprint density at radius 1 is 0.353 bits per heavy atom. The van der Waals surface area contributed by atoms with E-state index in [1.165, 1.54) is 11.1 Å². The summed E-state index contributed by atoms with van der Waals surface area (Å²) in [4.78, 5) is 20.5. The van der Waals surface area contributed by atoms with Gasteiger partial charge >= 0.3 is 0 Å². The van der Waals surface area contributed by atoms with Gasteiger partial charge in [0, 0.05) is 56.2 Å². The lowest BCUT2D eigenvalue weighted by Crippen LogP contribution is -1.96. The van der Waals surface area contributed by atoms with Gasteiger partial charge in [0.2, 0.25) is 0 Å². The fourth-order valence-corrected chi connectivity index (χ4v) is 7.10. The average molecular weight is 652 g/mol. The molecule has 51 heavy (non-hydrogen) atoms. The first-order valence-corrected chi connectivity index (χ1v) is 17.1. The normalized spacial score (nSPS) is 11.5. The number of benzene rings is 6. The Kier molecular flexibility index (Phi) is 6.74. The van der Waals surface area contributed by atoms with Gasteiger partial charge in [0.05, 0.1) is 28.1 Å². The van der Waals surface area contributed by atoms with Crippen molar-refractivity contribution in [1.29, 1.82) is 0 Å². The van der Waals surface area contributed by atoms with E-state index in [9.17, 15) is 0 Å². The van der Waals surface area contributed by atoms with Crippen molar-refractivity contribution in [1.82, 2.24) is 24.3 Å². The molecule has 4 aromatic heterocycles. The van der Waals surface area contributed by atoms with Gasteiger partial charge in [-0.3, -0.25) is 0 Å². The van der Waals surface area contributed by atoms with E-state index in [0.29, 0.717) is 5.82 Å². The van der Waals surface area contributed by atoms with Crippen molar-refractivity contribution >= 4 is 38.2 Å². The molecule has 0 saturated heterocycles. The lowest BCUT2D eigenvalue weighted by molar-refractivity contribution is 1.20. The van der Waals surface area contributed by atoms with E-state index in [1.807, 2.05) is 42.5 Å². The first kappa shape index (κ1) is 29.0. The van der Waals surface area contributed by atoms with Gasteiger partial charge in [-0.25, -0.2) is 19.9 Å². The summed E-state index contributed by atoms with van der Waals surface area (Å²) in [5.74, 6) is 0.686. The van der Waals surface area contributed by atoms with Crippen LogP contribution in [0.3, 0.4) is 0 Å². The van der Waals surface area contributed by atoms with Gasteiger partial charge in [-0.2, -0.15) is 0 Å². The van der Waals surface area contributed by atoms with Crippen molar-refractivity contribution in [3.63, 3.8) is 0 Å². The molecular formula is C46H29N5. The number of imidazole rings is 1. The number of hydrogen-bond acceptors (Lipinski definition) is 4. The first-order chi connectivity index (χ1) is 25.3. The van der Waals surface area contributed by atoms with Crippen LogP contribution in [0.25, 0.3) is 94.5 Å². The summed E-state index contributed by atoms with van der Waals surface area (Å²) in [5, 5.41) is 4.25. The fraction of sp³-hybridized carbons (Fsp3) is 0. The Morgan fingerprint density at radius 2 is 0.882 bits per heavy atom. The summed E-state index contributed by atoms with van der Waals surface area (Å²) in [6, 6.07) is 56.6. The lowest BCUT2D eigenvalue weighted by atomic mass is 9.99. The molecule has 0 fully saturated rings. The van der Waals surface area contributed by atoms with Gasteiger partial charge in [0.1, 0.15) is 5.65 Å². The predicted molar refractivity (Wildman–Crippen MR) is 208 cm³/mol. The molecule has 0 unspecified atom stereocenters. The second-order valence-corrected chi connectivity index (χ2v) is 12.7. The van der Waals surface area contributed by atoms with E-state index >= 15 is 0 Å². The topological polar surface area (TPSA) is 56.0 Å². The second kappa shape index (κ2) is 11.9. The van der Waals surface area contributed by atoms with Crippen LogP contribution in [-0.2, 0) is 0 Å². The fourth-order valence-electron chi connectivity index (χ4n) is 7.10. The van der Waals surface area contributed by atoms with Crippen LogP contribution in [0, 0.1) is 0 Å². The molecule has 4 heterocycles. The molecule has 0 aliphatic carbocycles. The van der Waals surface area contributed by atoms with Crippen LogP contribution in [-0.4, -0.2) is 24.3 Å². The summed E-state index contributed by atoms with van der Waals surface area (Å²) in [6.45, 7) is 0. The van der Waals surface area contributed by atoms with Crippen molar-refractivity contribution in [2.24, 2.45) is 0 Å². The average Bonchev–Trinajstić information content (AvgIpc) is 3.66. The SMILES string of the molecule is c1ccc(-c2ccc(-c3nc(-c4ccc(-c5nc6ccccc6c6c5ccn5cc(-c7ccccc7)nc65)cc4)nc4ccccc34)cc2)cc1. The minimum atomic E-state index is 0.686. The summed E-state index contributed by atoms with van der Waals surface area (Å²) in [5.41, 5.74) is 12.0. The molecule has 6 aromatic carbocycles. The maximum absolute atomic E-state index is 5.20. The van der Waals surface area contributed by atoms with E-state index in [2.05, 4.69) is 138 Å². The number of nitrogens with zero attached hydrogens (tertiary/aromatic N) is 5.